The van der Waals surface area contributed by atoms with Crippen LogP contribution in [0.4, 0.5) is 0 Å². The summed E-state index contributed by atoms with van der Waals surface area (Å²) in [6.45, 7) is 4.40. The summed E-state index contributed by atoms with van der Waals surface area (Å²) >= 11 is 0. The molecule has 0 aliphatic carbocycles. The molecule has 0 amide bonds. The van der Waals surface area contributed by atoms with E-state index in [0.29, 0.717) is 24.0 Å². The predicted molar refractivity (Wildman–Crippen MR) is 73.4 cm³/mol. The molecule has 0 radical (unpaired) electrons. The van der Waals surface area contributed by atoms with Gasteiger partial charge >= 0.3 is 0 Å². The van der Waals surface area contributed by atoms with Gasteiger partial charge in [-0.2, -0.15) is 4.98 Å². The van der Waals surface area contributed by atoms with Crippen molar-refractivity contribution in [3.05, 3.63) is 52.1 Å². The second-order valence-electron chi connectivity index (χ2n) is 4.57. The van der Waals surface area contributed by atoms with Gasteiger partial charge in [0.1, 0.15) is 11.6 Å². The van der Waals surface area contributed by atoms with Crippen LogP contribution in [0.3, 0.4) is 0 Å². The number of aromatic nitrogens is 2. The Labute approximate surface area is 111 Å². The number of hydrogen-bond acceptors (Lipinski definition) is 4. The van der Waals surface area contributed by atoms with Gasteiger partial charge in [0.15, 0.2) is 0 Å². The zero-order chi connectivity index (χ0) is 13.8. The molecule has 19 heavy (non-hydrogen) atoms. The second kappa shape index (κ2) is 5.67. The highest BCUT2D eigenvalue weighted by Gasteiger charge is 2.06. The average Bonchev–Trinajstić information content (AvgIpc) is 2.39. The van der Waals surface area contributed by atoms with Crippen LogP contribution < -0.4 is 16.0 Å². The van der Waals surface area contributed by atoms with Crippen molar-refractivity contribution in [2.45, 2.75) is 26.3 Å². The van der Waals surface area contributed by atoms with Crippen molar-refractivity contribution < 1.29 is 4.74 Å². The quantitative estimate of drug-likeness (QED) is 0.881. The number of ether oxygens (including phenoxy) is 1. The Morgan fingerprint density at radius 2 is 2.00 bits per heavy atom. The second-order valence-corrected chi connectivity index (χ2v) is 4.57. The SMILES string of the molecule is CC(C)c1nc(Oc2ccc(CN)cc2)cc(=O)[nH]1. The summed E-state index contributed by atoms with van der Waals surface area (Å²) in [5.74, 6) is 1.68. The molecule has 100 valence electrons. The molecule has 1 aromatic heterocycles. The van der Waals surface area contributed by atoms with Crippen molar-refractivity contribution in [2.24, 2.45) is 5.73 Å². The number of aromatic amines is 1. The molecule has 0 atom stereocenters. The van der Waals surface area contributed by atoms with Crippen LogP contribution >= 0.6 is 0 Å². The third kappa shape index (κ3) is 3.42. The van der Waals surface area contributed by atoms with Crippen molar-refractivity contribution in [1.29, 1.82) is 0 Å². The van der Waals surface area contributed by atoms with Crippen molar-refractivity contribution in [3.63, 3.8) is 0 Å². The van der Waals surface area contributed by atoms with Crippen LogP contribution in [0, 0.1) is 0 Å². The van der Waals surface area contributed by atoms with Crippen molar-refractivity contribution in [3.8, 4) is 11.6 Å². The molecule has 0 aliphatic heterocycles. The normalized spacial score (nSPS) is 10.7. The van der Waals surface area contributed by atoms with E-state index in [1.165, 1.54) is 6.07 Å². The van der Waals surface area contributed by atoms with E-state index < -0.39 is 0 Å². The number of rotatable bonds is 4. The monoisotopic (exact) mass is 259 g/mol. The minimum atomic E-state index is -0.215. The van der Waals surface area contributed by atoms with Crippen molar-refractivity contribution >= 4 is 0 Å². The van der Waals surface area contributed by atoms with Gasteiger partial charge in [0.2, 0.25) is 5.88 Å². The molecule has 0 saturated carbocycles. The molecule has 0 spiro atoms. The van der Waals surface area contributed by atoms with E-state index in [0.717, 1.165) is 5.56 Å². The molecule has 1 heterocycles. The summed E-state index contributed by atoms with van der Waals surface area (Å²) in [5.41, 5.74) is 6.33. The maximum absolute atomic E-state index is 11.5. The lowest BCUT2D eigenvalue weighted by Crippen LogP contribution is -2.11. The van der Waals surface area contributed by atoms with E-state index in [1.807, 2.05) is 26.0 Å². The molecule has 1 aromatic carbocycles. The highest BCUT2D eigenvalue weighted by atomic mass is 16.5. The Hall–Kier alpha value is -2.14. The van der Waals surface area contributed by atoms with E-state index in [1.54, 1.807) is 12.1 Å². The van der Waals surface area contributed by atoms with E-state index in [2.05, 4.69) is 9.97 Å². The highest BCUT2D eigenvalue weighted by Crippen LogP contribution is 2.19. The number of nitrogens with two attached hydrogens (primary N) is 1. The molecule has 5 nitrogen and oxygen atoms in total. The van der Waals surface area contributed by atoms with Gasteiger partial charge in [0.25, 0.3) is 5.56 Å². The topological polar surface area (TPSA) is 81.0 Å². The lowest BCUT2D eigenvalue weighted by molar-refractivity contribution is 0.455. The molecular formula is C14H17N3O2. The maximum Gasteiger partial charge on any atom is 0.254 e. The van der Waals surface area contributed by atoms with Gasteiger partial charge in [-0.3, -0.25) is 4.79 Å². The van der Waals surface area contributed by atoms with Crippen LogP contribution in [0.5, 0.6) is 11.6 Å². The first-order valence-corrected chi connectivity index (χ1v) is 6.16. The molecule has 0 aliphatic rings. The summed E-state index contributed by atoms with van der Waals surface area (Å²) < 4.78 is 5.58. The molecule has 0 saturated heterocycles. The van der Waals surface area contributed by atoms with Gasteiger partial charge in [-0.1, -0.05) is 26.0 Å². The Bertz CT molecular complexity index is 603. The first-order valence-electron chi connectivity index (χ1n) is 6.16. The minimum Gasteiger partial charge on any atom is -0.439 e. The van der Waals surface area contributed by atoms with Gasteiger partial charge in [-0.25, -0.2) is 0 Å². The van der Waals surface area contributed by atoms with Crippen LogP contribution in [-0.4, -0.2) is 9.97 Å². The Morgan fingerprint density at radius 3 is 2.58 bits per heavy atom. The fourth-order valence-corrected chi connectivity index (χ4v) is 1.59. The number of benzene rings is 1. The summed E-state index contributed by atoms with van der Waals surface area (Å²) in [5, 5.41) is 0. The zero-order valence-corrected chi connectivity index (χ0v) is 11.0. The van der Waals surface area contributed by atoms with E-state index in [4.69, 9.17) is 10.5 Å². The molecule has 2 rings (SSSR count). The third-order valence-corrected chi connectivity index (χ3v) is 2.66. The van der Waals surface area contributed by atoms with Crippen LogP contribution in [0.1, 0.15) is 31.2 Å². The van der Waals surface area contributed by atoms with Crippen LogP contribution in [0.25, 0.3) is 0 Å². The third-order valence-electron chi connectivity index (χ3n) is 2.66. The van der Waals surface area contributed by atoms with Gasteiger partial charge in [-0.05, 0) is 17.7 Å². The molecule has 5 heteroatoms. The Balaban J connectivity index is 2.24. The molecule has 0 fully saturated rings. The minimum absolute atomic E-state index is 0.135. The molecular weight excluding hydrogens is 242 g/mol. The van der Waals surface area contributed by atoms with Crippen molar-refractivity contribution in [2.75, 3.05) is 0 Å². The average molecular weight is 259 g/mol. The summed E-state index contributed by atoms with van der Waals surface area (Å²) in [6, 6.07) is 8.71. The van der Waals surface area contributed by atoms with Crippen LogP contribution in [-0.2, 0) is 6.54 Å². The van der Waals surface area contributed by atoms with Crippen LogP contribution in [0.15, 0.2) is 35.1 Å². The van der Waals surface area contributed by atoms with Gasteiger partial charge in [0, 0.05) is 12.5 Å². The number of nitrogens with zero attached hydrogens (tertiary/aromatic N) is 1. The van der Waals surface area contributed by atoms with E-state index in [-0.39, 0.29) is 11.5 Å². The van der Waals surface area contributed by atoms with Gasteiger partial charge in [-0.15, -0.1) is 0 Å². The summed E-state index contributed by atoms with van der Waals surface area (Å²) in [4.78, 5) is 18.5. The van der Waals surface area contributed by atoms with Gasteiger partial charge in [0.05, 0.1) is 6.07 Å². The largest absolute Gasteiger partial charge is 0.439 e. The summed E-state index contributed by atoms with van der Waals surface area (Å²) in [6.07, 6.45) is 0. The maximum atomic E-state index is 11.5. The first kappa shape index (κ1) is 13.3. The predicted octanol–water partition coefficient (Wildman–Crippen LogP) is 2.14. The Kier molecular flexibility index (Phi) is 3.97. The van der Waals surface area contributed by atoms with E-state index >= 15 is 0 Å². The fraction of sp³-hybridized carbons (Fsp3) is 0.286. The van der Waals surface area contributed by atoms with Gasteiger partial charge < -0.3 is 15.5 Å². The van der Waals surface area contributed by atoms with E-state index in [9.17, 15) is 4.79 Å². The molecule has 3 N–H and O–H groups in total. The zero-order valence-electron chi connectivity index (χ0n) is 11.0. The number of nitrogens with one attached hydrogen (secondary N) is 1. The van der Waals surface area contributed by atoms with Crippen LogP contribution in [0.2, 0.25) is 0 Å². The number of H-pyrrole nitrogens is 1. The fourth-order valence-electron chi connectivity index (χ4n) is 1.59. The molecule has 0 unspecified atom stereocenters. The molecule has 0 bridgehead atoms. The highest BCUT2D eigenvalue weighted by molar-refractivity contribution is 5.30. The number of hydrogen-bond donors (Lipinski definition) is 2. The standard InChI is InChI=1S/C14H17N3O2/c1-9(2)14-16-12(18)7-13(17-14)19-11-5-3-10(8-15)4-6-11/h3-7,9H,8,15H2,1-2H3,(H,16,17,18). The summed E-state index contributed by atoms with van der Waals surface area (Å²) in [7, 11) is 0. The molecule has 2 aromatic rings. The smallest absolute Gasteiger partial charge is 0.254 e. The Morgan fingerprint density at radius 1 is 1.32 bits per heavy atom. The van der Waals surface area contributed by atoms with Crippen molar-refractivity contribution in [1.82, 2.24) is 9.97 Å². The first-order chi connectivity index (χ1) is 9.08. The lowest BCUT2D eigenvalue weighted by Gasteiger charge is -2.08. The lowest BCUT2D eigenvalue weighted by atomic mass is 10.2.